The molecule has 0 aliphatic carbocycles. The molecule has 1 nitrogen and oxygen atoms in total. The predicted molar refractivity (Wildman–Crippen MR) is 49.8 cm³/mol. The summed E-state index contributed by atoms with van der Waals surface area (Å²) in [5, 5.41) is 1.42. The molecule has 3 heteroatoms. The first kappa shape index (κ1) is 8.36. The number of hydrogen-bond donors (Lipinski definition) is 0. The number of epoxide rings is 1. The van der Waals surface area contributed by atoms with Gasteiger partial charge in [0.05, 0.1) is 6.61 Å². The summed E-state index contributed by atoms with van der Waals surface area (Å²) in [5.74, 6) is 0. The normalized spacial score (nSPS) is 27.2. The van der Waals surface area contributed by atoms with Crippen molar-refractivity contribution in [3.05, 3.63) is 33.8 Å². The summed E-state index contributed by atoms with van der Waals surface area (Å²) in [6.45, 7) is 2.73. The van der Waals surface area contributed by atoms with Crippen molar-refractivity contribution >= 4 is 23.2 Å². The minimum Gasteiger partial charge on any atom is -0.365 e. The van der Waals surface area contributed by atoms with Crippen molar-refractivity contribution in [2.75, 3.05) is 6.61 Å². The Labute approximate surface area is 81.2 Å². The molecule has 1 heterocycles. The van der Waals surface area contributed by atoms with Gasteiger partial charge in [0, 0.05) is 15.6 Å². The van der Waals surface area contributed by atoms with Crippen molar-refractivity contribution < 1.29 is 4.74 Å². The molecule has 0 saturated carbocycles. The van der Waals surface area contributed by atoms with Gasteiger partial charge < -0.3 is 4.74 Å². The minimum atomic E-state index is -0.192. The summed E-state index contributed by atoms with van der Waals surface area (Å²) in [6.07, 6.45) is 0. The SMILES string of the molecule is CC1(c2cc(Cl)ccc2Cl)CO1. The van der Waals surface area contributed by atoms with E-state index in [-0.39, 0.29) is 5.60 Å². The van der Waals surface area contributed by atoms with Gasteiger partial charge in [-0.15, -0.1) is 0 Å². The molecule has 1 aromatic rings. The van der Waals surface area contributed by atoms with Crippen molar-refractivity contribution in [2.45, 2.75) is 12.5 Å². The molecule has 1 unspecified atom stereocenters. The number of ether oxygens (including phenoxy) is 1. The lowest BCUT2D eigenvalue weighted by Crippen LogP contribution is -2.02. The predicted octanol–water partition coefficient (Wildman–Crippen LogP) is 3.24. The fourth-order valence-electron chi connectivity index (χ4n) is 1.17. The number of halogens is 2. The molecule has 1 aromatic carbocycles. The Balaban J connectivity index is 2.48. The highest BCUT2D eigenvalue weighted by Crippen LogP contribution is 2.42. The summed E-state index contributed by atoms with van der Waals surface area (Å²) in [6, 6.07) is 5.43. The average Bonchev–Trinajstić information content (AvgIpc) is 2.75. The summed E-state index contributed by atoms with van der Waals surface area (Å²) in [5.41, 5.74) is 0.791. The van der Waals surface area contributed by atoms with E-state index in [1.165, 1.54) is 0 Å². The third-order valence-electron chi connectivity index (χ3n) is 2.08. The molecule has 0 bridgehead atoms. The van der Waals surface area contributed by atoms with Gasteiger partial charge in [0.2, 0.25) is 0 Å². The van der Waals surface area contributed by atoms with E-state index in [4.69, 9.17) is 27.9 Å². The van der Waals surface area contributed by atoms with Gasteiger partial charge in [-0.25, -0.2) is 0 Å². The number of benzene rings is 1. The highest BCUT2D eigenvalue weighted by molar-refractivity contribution is 6.33. The summed E-state index contributed by atoms with van der Waals surface area (Å²) in [7, 11) is 0. The van der Waals surface area contributed by atoms with Crippen molar-refractivity contribution in [2.24, 2.45) is 0 Å². The highest BCUT2D eigenvalue weighted by Gasteiger charge is 2.42. The third-order valence-corrected chi connectivity index (χ3v) is 2.64. The molecule has 0 amide bonds. The maximum Gasteiger partial charge on any atom is 0.115 e. The molecule has 1 atom stereocenters. The van der Waals surface area contributed by atoms with Gasteiger partial charge >= 0.3 is 0 Å². The molecule has 12 heavy (non-hydrogen) atoms. The summed E-state index contributed by atoms with van der Waals surface area (Å²) in [4.78, 5) is 0. The number of hydrogen-bond acceptors (Lipinski definition) is 1. The monoisotopic (exact) mass is 202 g/mol. The zero-order valence-electron chi connectivity index (χ0n) is 6.60. The standard InChI is InChI=1S/C9H8Cl2O/c1-9(5-12-9)7-4-6(10)2-3-8(7)11/h2-4H,5H2,1H3. The summed E-state index contributed by atoms with van der Waals surface area (Å²) < 4.78 is 5.27. The quantitative estimate of drug-likeness (QED) is 0.638. The van der Waals surface area contributed by atoms with E-state index in [0.717, 1.165) is 17.2 Å². The first-order valence-electron chi connectivity index (χ1n) is 3.71. The first-order valence-corrected chi connectivity index (χ1v) is 4.47. The van der Waals surface area contributed by atoms with E-state index in [9.17, 15) is 0 Å². The second-order valence-electron chi connectivity index (χ2n) is 3.14. The fourth-order valence-corrected chi connectivity index (χ4v) is 1.66. The molecular formula is C9H8Cl2O. The molecule has 1 aliphatic rings. The van der Waals surface area contributed by atoms with Crippen LogP contribution < -0.4 is 0 Å². The van der Waals surface area contributed by atoms with Crippen LogP contribution in [0.25, 0.3) is 0 Å². The van der Waals surface area contributed by atoms with Crippen LogP contribution in [0.15, 0.2) is 18.2 Å². The Morgan fingerprint density at radius 1 is 1.42 bits per heavy atom. The van der Waals surface area contributed by atoms with Gasteiger partial charge in [0.1, 0.15) is 5.60 Å². The Morgan fingerprint density at radius 3 is 2.67 bits per heavy atom. The van der Waals surface area contributed by atoms with Gasteiger partial charge in [-0.3, -0.25) is 0 Å². The van der Waals surface area contributed by atoms with Crippen LogP contribution in [-0.2, 0) is 10.3 Å². The van der Waals surface area contributed by atoms with E-state index >= 15 is 0 Å². The maximum atomic E-state index is 5.98. The van der Waals surface area contributed by atoms with E-state index in [2.05, 4.69) is 0 Å². The molecule has 0 N–H and O–H groups in total. The first-order chi connectivity index (χ1) is 5.62. The van der Waals surface area contributed by atoms with Gasteiger partial charge in [0.25, 0.3) is 0 Å². The van der Waals surface area contributed by atoms with Crippen LogP contribution in [-0.4, -0.2) is 6.61 Å². The van der Waals surface area contributed by atoms with Crippen LogP contribution in [0.5, 0.6) is 0 Å². The molecule has 1 fully saturated rings. The molecule has 64 valence electrons. The molecule has 1 saturated heterocycles. The Hall–Kier alpha value is -0.240. The van der Waals surface area contributed by atoms with Gasteiger partial charge in [0.15, 0.2) is 0 Å². The second kappa shape index (κ2) is 2.63. The Bertz CT molecular complexity index is 318. The zero-order valence-corrected chi connectivity index (χ0v) is 8.12. The molecule has 2 rings (SSSR count). The molecule has 0 spiro atoms. The third kappa shape index (κ3) is 1.33. The lowest BCUT2D eigenvalue weighted by molar-refractivity contribution is 0.329. The zero-order chi connectivity index (χ0) is 8.77. The van der Waals surface area contributed by atoms with E-state index in [0.29, 0.717) is 5.02 Å². The highest BCUT2D eigenvalue weighted by atomic mass is 35.5. The van der Waals surface area contributed by atoms with Crippen LogP contribution in [0.1, 0.15) is 12.5 Å². The number of rotatable bonds is 1. The molecule has 0 aromatic heterocycles. The minimum absolute atomic E-state index is 0.192. The lowest BCUT2D eigenvalue weighted by Gasteiger charge is -2.07. The van der Waals surface area contributed by atoms with Crippen molar-refractivity contribution in [1.82, 2.24) is 0 Å². The Kier molecular flexibility index (Phi) is 1.83. The topological polar surface area (TPSA) is 12.5 Å². The molecule has 1 aliphatic heterocycles. The van der Waals surface area contributed by atoms with Crippen LogP contribution >= 0.6 is 23.2 Å². The van der Waals surface area contributed by atoms with Crippen molar-refractivity contribution in [3.63, 3.8) is 0 Å². The molecular weight excluding hydrogens is 195 g/mol. The van der Waals surface area contributed by atoms with Crippen molar-refractivity contribution in [1.29, 1.82) is 0 Å². The Morgan fingerprint density at radius 2 is 2.08 bits per heavy atom. The lowest BCUT2D eigenvalue weighted by atomic mass is 10.0. The fraction of sp³-hybridized carbons (Fsp3) is 0.333. The largest absolute Gasteiger partial charge is 0.365 e. The summed E-state index contributed by atoms with van der Waals surface area (Å²) >= 11 is 11.8. The maximum absolute atomic E-state index is 5.98. The van der Waals surface area contributed by atoms with Crippen molar-refractivity contribution in [3.8, 4) is 0 Å². The molecule has 0 radical (unpaired) electrons. The van der Waals surface area contributed by atoms with Crippen LogP contribution in [0.2, 0.25) is 10.0 Å². The van der Waals surface area contributed by atoms with Gasteiger partial charge in [-0.1, -0.05) is 23.2 Å². The van der Waals surface area contributed by atoms with Crippen LogP contribution in [0.3, 0.4) is 0 Å². The van der Waals surface area contributed by atoms with Gasteiger partial charge in [-0.2, -0.15) is 0 Å². The van der Waals surface area contributed by atoms with E-state index < -0.39 is 0 Å². The average molecular weight is 203 g/mol. The van der Waals surface area contributed by atoms with Crippen LogP contribution in [0.4, 0.5) is 0 Å². The van der Waals surface area contributed by atoms with Crippen LogP contribution in [0, 0.1) is 0 Å². The van der Waals surface area contributed by atoms with E-state index in [1.54, 1.807) is 12.1 Å². The van der Waals surface area contributed by atoms with Gasteiger partial charge in [-0.05, 0) is 25.1 Å². The smallest absolute Gasteiger partial charge is 0.115 e. The second-order valence-corrected chi connectivity index (χ2v) is 3.99. The van der Waals surface area contributed by atoms with E-state index in [1.807, 2.05) is 13.0 Å².